The molecule has 2 rings (SSSR count). The molecule has 8 heteroatoms. The number of primary amides is 1. The highest BCUT2D eigenvalue weighted by Gasteiger charge is 2.44. The number of amides is 1. The van der Waals surface area contributed by atoms with E-state index in [1.54, 1.807) is 0 Å². The molecule has 116 valence electrons. The maximum atomic E-state index is 14.0. The van der Waals surface area contributed by atoms with Gasteiger partial charge in [-0.25, -0.2) is 13.2 Å². The average Bonchev–Trinajstić information content (AvgIpc) is 2.42. The van der Waals surface area contributed by atoms with Gasteiger partial charge in [-0.2, -0.15) is 0 Å². The fraction of sp³-hybridized carbons (Fsp3) is 0.0714. The van der Waals surface area contributed by atoms with Crippen molar-refractivity contribution in [1.82, 2.24) is 0 Å². The van der Waals surface area contributed by atoms with Crippen LogP contribution >= 0.6 is 27.5 Å². The Labute approximate surface area is 136 Å². The van der Waals surface area contributed by atoms with Gasteiger partial charge in [-0.15, -0.1) is 0 Å². The number of carbonyl (C=O) groups excluding carboxylic acids is 1. The summed E-state index contributed by atoms with van der Waals surface area (Å²) in [6, 6.07) is 4.59. The van der Waals surface area contributed by atoms with Gasteiger partial charge in [-0.05, 0) is 34.1 Å². The molecule has 1 amide bonds. The van der Waals surface area contributed by atoms with Crippen LogP contribution in [-0.4, -0.2) is 11.0 Å². The van der Waals surface area contributed by atoms with Crippen LogP contribution in [0.5, 0.6) is 0 Å². The van der Waals surface area contributed by atoms with Gasteiger partial charge in [0.1, 0.15) is 17.5 Å². The normalized spacial score (nSPS) is 13.7. The van der Waals surface area contributed by atoms with E-state index in [-0.39, 0.29) is 9.50 Å². The first-order chi connectivity index (χ1) is 10.2. The van der Waals surface area contributed by atoms with Crippen molar-refractivity contribution in [1.29, 1.82) is 0 Å². The van der Waals surface area contributed by atoms with E-state index in [0.29, 0.717) is 6.07 Å². The van der Waals surface area contributed by atoms with Gasteiger partial charge in [0.05, 0.1) is 15.1 Å². The Morgan fingerprint density at radius 2 is 1.82 bits per heavy atom. The van der Waals surface area contributed by atoms with Gasteiger partial charge in [-0.1, -0.05) is 17.7 Å². The second kappa shape index (κ2) is 5.91. The lowest BCUT2D eigenvalue weighted by Crippen LogP contribution is -2.44. The maximum absolute atomic E-state index is 14.0. The number of nitrogens with two attached hydrogens (primary N) is 1. The average molecular weight is 395 g/mol. The third-order valence-corrected chi connectivity index (χ3v) is 4.00. The van der Waals surface area contributed by atoms with E-state index in [0.717, 1.165) is 12.1 Å². The Balaban J connectivity index is 2.86. The first-order valence-electron chi connectivity index (χ1n) is 5.81. The molecule has 0 fully saturated rings. The summed E-state index contributed by atoms with van der Waals surface area (Å²) in [5.74, 6) is -4.76. The molecule has 0 aromatic heterocycles. The minimum absolute atomic E-state index is 0.240. The number of benzene rings is 2. The van der Waals surface area contributed by atoms with Crippen molar-refractivity contribution in [2.45, 2.75) is 5.60 Å². The molecule has 0 spiro atoms. The summed E-state index contributed by atoms with van der Waals surface area (Å²) in [5.41, 5.74) is 0.811. The Morgan fingerprint density at radius 3 is 2.36 bits per heavy atom. The molecule has 2 aromatic rings. The van der Waals surface area contributed by atoms with Gasteiger partial charge in [0.15, 0.2) is 0 Å². The molecule has 3 N–H and O–H groups in total. The summed E-state index contributed by atoms with van der Waals surface area (Å²) in [4.78, 5) is 11.7. The SMILES string of the molecule is NC(=O)C(O)(c1cc(Br)c(F)cc1F)c1c(F)cccc1Cl. The Hall–Kier alpha value is -1.57. The molecule has 1 atom stereocenters. The van der Waals surface area contributed by atoms with Crippen molar-refractivity contribution in [3.63, 3.8) is 0 Å². The highest BCUT2D eigenvalue weighted by molar-refractivity contribution is 9.10. The Bertz CT molecular complexity index is 752. The molecule has 0 aliphatic heterocycles. The van der Waals surface area contributed by atoms with Crippen LogP contribution in [0.25, 0.3) is 0 Å². The summed E-state index contributed by atoms with van der Waals surface area (Å²) < 4.78 is 41.2. The highest BCUT2D eigenvalue weighted by Crippen LogP contribution is 2.38. The number of halogens is 5. The zero-order chi connectivity index (χ0) is 16.7. The molecule has 0 aliphatic carbocycles. The Morgan fingerprint density at radius 1 is 1.18 bits per heavy atom. The first kappa shape index (κ1) is 16.8. The summed E-state index contributed by atoms with van der Waals surface area (Å²) in [7, 11) is 0. The van der Waals surface area contributed by atoms with Gasteiger partial charge in [-0.3, -0.25) is 4.79 Å². The van der Waals surface area contributed by atoms with E-state index in [1.165, 1.54) is 12.1 Å². The summed E-state index contributed by atoms with van der Waals surface area (Å²) in [6.07, 6.45) is 0. The van der Waals surface area contributed by atoms with Gasteiger partial charge in [0.25, 0.3) is 5.91 Å². The fourth-order valence-corrected chi connectivity index (χ4v) is 2.68. The van der Waals surface area contributed by atoms with E-state index in [9.17, 15) is 23.1 Å². The second-order valence-electron chi connectivity index (χ2n) is 4.42. The lowest BCUT2D eigenvalue weighted by Gasteiger charge is -2.27. The van der Waals surface area contributed by atoms with Crippen LogP contribution in [0, 0.1) is 17.5 Å². The molecule has 0 saturated heterocycles. The zero-order valence-electron chi connectivity index (χ0n) is 10.7. The van der Waals surface area contributed by atoms with Crippen LogP contribution in [0.15, 0.2) is 34.8 Å². The number of hydrogen-bond acceptors (Lipinski definition) is 2. The third kappa shape index (κ3) is 2.60. The van der Waals surface area contributed by atoms with Crippen LogP contribution in [0.4, 0.5) is 13.2 Å². The fourth-order valence-electron chi connectivity index (χ4n) is 2.03. The Kier molecular flexibility index (Phi) is 4.51. The molecule has 0 saturated carbocycles. The van der Waals surface area contributed by atoms with Crippen LogP contribution in [0.2, 0.25) is 5.02 Å². The molecule has 1 unspecified atom stereocenters. The van der Waals surface area contributed by atoms with Crippen LogP contribution in [0.3, 0.4) is 0 Å². The topological polar surface area (TPSA) is 63.3 Å². The second-order valence-corrected chi connectivity index (χ2v) is 5.68. The number of carbonyl (C=O) groups is 1. The molecule has 0 heterocycles. The highest BCUT2D eigenvalue weighted by atomic mass is 79.9. The van der Waals surface area contributed by atoms with Crippen molar-refractivity contribution >= 4 is 33.4 Å². The molecule has 0 radical (unpaired) electrons. The summed E-state index contributed by atoms with van der Waals surface area (Å²) in [6.45, 7) is 0. The predicted molar refractivity (Wildman–Crippen MR) is 77.7 cm³/mol. The van der Waals surface area contributed by atoms with Gasteiger partial charge >= 0.3 is 0 Å². The lowest BCUT2D eigenvalue weighted by molar-refractivity contribution is -0.133. The van der Waals surface area contributed by atoms with E-state index in [4.69, 9.17) is 17.3 Å². The molecular formula is C14H8BrClF3NO2. The van der Waals surface area contributed by atoms with E-state index in [1.807, 2.05) is 0 Å². The van der Waals surface area contributed by atoms with Crippen LogP contribution < -0.4 is 5.73 Å². The molecule has 22 heavy (non-hydrogen) atoms. The van der Waals surface area contributed by atoms with Gasteiger partial charge in [0, 0.05) is 11.6 Å². The first-order valence-corrected chi connectivity index (χ1v) is 6.98. The monoisotopic (exact) mass is 393 g/mol. The van der Waals surface area contributed by atoms with Gasteiger partial charge < -0.3 is 10.8 Å². The van der Waals surface area contributed by atoms with E-state index >= 15 is 0 Å². The van der Waals surface area contributed by atoms with E-state index in [2.05, 4.69) is 15.9 Å². The van der Waals surface area contributed by atoms with Crippen molar-refractivity contribution in [3.05, 3.63) is 68.4 Å². The molecule has 0 bridgehead atoms. The quantitative estimate of drug-likeness (QED) is 0.785. The smallest absolute Gasteiger partial charge is 0.259 e. The number of rotatable bonds is 3. The number of aliphatic hydroxyl groups is 1. The molecule has 0 aliphatic rings. The largest absolute Gasteiger partial charge is 0.372 e. The number of hydrogen-bond donors (Lipinski definition) is 2. The van der Waals surface area contributed by atoms with Crippen LogP contribution in [-0.2, 0) is 10.4 Å². The molecule has 2 aromatic carbocycles. The minimum atomic E-state index is -2.90. The molecule has 3 nitrogen and oxygen atoms in total. The predicted octanol–water partition coefficient (Wildman–Crippen LogP) is 3.24. The lowest BCUT2D eigenvalue weighted by atomic mass is 9.85. The van der Waals surface area contributed by atoms with Crippen molar-refractivity contribution < 1.29 is 23.1 Å². The van der Waals surface area contributed by atoms with Crippen LogP contribution in [0.1, 0.15) is 11.1 Å². The maximum Gasteiger partial charge on any atom is 0.259 e. The van der Waals surface area contributed by atoms with E-state index < -0.39 is 40.1 Å². The van der Waals surface area contributed by atoms with Gasteiger partial charge in [0.2, 0.25) is 5.60 Å². The van der Waals surface area contributed by atoms with Crippen molar-refractivity contribution in [2.24, 2.45) is 5.73 Å². The zero-order valence-corrected chi connectivity index (χ0v) is 13.1. The minimum Gasteiger partial charge on any atom is -0.372 e. The summed E-state index contributed by atoms with van der Waals surface area (Å²) >= 11 is 8.62. The molecular weight excluding hydrogens is 387 g/mol. The van der Waals surface area contributed by atoms with Crippen molar-refractivity contribution in [2.75, 3.05) is 0 Å². The van der Waals surface area contributed by atoms with Crippen molar-refractivity contribution in [3.8, 4) is 0 Å². The standard InChI is InChI=1S/C14H8BrClF3NO2/c15-7-4-6(10(18)5-11(7)19)14(22,13(20)21)12-8(16)2-1-3-9(12)17/h1-5,22H,(H2,20,21). The third-order valence-electron chi connectivity index (χ3n) is 3.08. The summed E-state index contributed by atoms with van der Waals surface area (Å²) in [5, 5.41) is 10.3.